The van der Waals surface area contributed by atoms with Gasteiger partial charge in [0.2, 0.25) is 11.9 Å². The molecule has 2 N–H and O–H groups in total. The van der Waals surface area contributed by atoms with Crippen molar-refractivity contribution < 1.29 is 9.53 Å². The van der Waals surface area contributed by atoms with E-state index in [1.807, 2.05) is 43.3 Å². The third-order valence-electron chi connectivity index (χ3n) is 4.89. The molecule has 32 heavy (non-hydrogen) atoms. The number of nitrogens with one attached hydrogen (secondary N) is 2. The molecule has 1 saturated heterocycles. The van der Waals surface area contributed by atoms with Gasteiger partial charge >= 0.3 is 0 Å². The highest BCUT2D eigenvalue weighted by Gasteiger charge is 2.12. The third kappa shape index (κ3) is 5.91. The number of hydrogen-bond acceptors (Lipinski definition) is 7. The van der Waals surface area contributed by atoms with Crippen molar-refractivity contribution in [1.82, 2.24) is 9.97 Å². The average Bonchev–Trinajstić information content (AvgIpc) is 2.83. The summed E-state index contributed by atoms with van der Waals surface area (Å²) in [6.07, 6.45) is 2.04. The van der Waals surface area contributed by atoms with E-state index in [-0.39, 0.29) is 5.91 Å². The van der Waals surface area contributed by atoms with E-state index in [0.717, 1.165) is 42.6 Å². The summed E-state index contributed by atoms with van der Waals surface area (Å²) in [7, 11) is 0. The Kier molecular flexibility index (Phi) is 7.47. The van der Waals surface area contributed by atoms with Crippen LogP contribution in [-0.2, 0) is 9.53 Å². The lowest BCUT2D eigenvalue weighted by molar-refractivity contribution is -0.115. The van der Waals surface area contributed by atoms with Gasteiger partial charge in [-0.25, -0.2) is 9.97 Å². The van der Waals surface area contributed by atoms with Crippen LogP contribution in [0, 0.1) is 0 Å². The maximum Gasteiger partial charge on any atom is 0.228 e. The molecule has 0 radical (unpaired) electrons. The highest BCUT2D eigenvalue weighted by atomic mass is 35.5. The molecule has 0 saturated carbocycles. The van der Waals surface area contributed by atoms with Gasteiger partial charge in [0.25, 0.3) is 0 Å². The van der Waals surface area contributed by atoms with Crippen LogP contribution in [0.5, 0.6) is 0 Å². The molecule has 166 valence electrons. The minimum atomic E-state index is -0.0158. The lowest BCUT2D eigenvalue weighted by Gasteiger charge is -2.28. The maximum atomic E-state index is 11.5. The van der Waals surface area contributed by atoms with E-state index < -0.39 is 0 Å². The van der Waals surface area contributed by atoms with Crippen LogP contribution >= 0.6 is 23.4 Å². The SMILES string of the molecule is CCC(=O)Nc1ccc(Sc2nc(Nc3ccc(N4CCOCC4)cc3)ncc2Cl)cc1. The number of hydrogen-bond donors (Lipinski definition) is 2. The van der Waals surface area contributed by atoms with Gasteiger partial charge in [-0.2, -0.15) is 0 Å². The summed E-state index contributed by atoms with van der Waals surface area (Å²) >= 11 is 7.77. The molecule has 0 unspecified atom stereocenters. The summed E-state index contributed by atoms with van der Waals surface area (Å²) in [5, 5.41) is 7.21. The zero-order valence-electron chi connectivity index (χ0n) is 17.7. The molecule has 1 aliphatic rings. The second kappa shape index (κ2) is 10.7. The van der Waals surface area contributed by atoms with E-state index in [9.17, 15) is 4.79 Å². The summed E-state index contributed by atoms with van der Waals surface area (Å²) in [4.78, 5) is 23.7. The van der Waals surface area contributed by atoms with Crippen molar-refractivity contribution in [3.63, 3.8) is 0 Å². The van der Waals surface area contributed by atoms with Crippen molar-refractivity contribution in [1.29, 1.82) is 0 Å². The van der Waals surface area contributed by atoms with E-state index in [0.29, 0.717) is 22.4 Å². The van der Waals surface area contributed by atoms with Crippen molar-refractivity contribution >= 4 is 52.3 Å². The van der Waals surface area contributed by atoms with E-state index >= 15 is 0 Å². The average molecular weight is 470 g/mol. The van der Waals surface area contributed by atoms with E-state index in [4.69, 9.17) is 16.3 Å². The molecule has 1 fully saturated rings. The van der Waals surface area contributed by atoms with E-state index in [1.54, 1.807) is 6.20 Å². The predicted molar refractivity (Wildman–Crippen MR) is 129 cm³/mol. The van der Waals surface area contributed by atoms with Gasteiger partial charge in [0.15, 0.2) is 0 Å². The summed E-state index contributed by atoms with van der Waals surface area (Å²) in [6, 6.07) is 15.8. The first-order valence-corrected chi connectivity index (χ1v) is 11.6. The number of nitrogens with zero attached hydrogens (tertiary/aromatic N) is 3. The lowest BCUT2D eigenvalue weighted by Crippen LogP contribution is -2.36. The molecular formula is C23H24ClN5O2S. The largest absolute Gasteiger partial charge is 0.378 e. The molecule has 7 nitrogen and oxygen atoms in total. The minimum Gasteiger partial charge on any atom is -0.378 e. The molecule has 1 aromatic heterocycles. The number of morpholine rings is 1. The van der Waals surface area contributed by atoms with Gasteiger partial charge in [0, 0.05) is 41.5 Å². The highest BCUT2D eigenvalue weighted by molar-refractivity contribution is 7.99. The minimum absolute atomic E-state index is 0.0158. The highest BCUT2D eigenvalue weighted by Crippen LogP contribution is 2.33. The molecule has 0 aliphatic carbocycles. The van der Waals surface area contributed by atoms with Gasteiger partial charge in [-0.05, 0) is 48.5 Å². The Balaban J connectivity index is 1.41. The maximum absolute atomic E-state index is 11.5. The Bertz CT molecular complexity index is 1060. The van der Waals surface area contributed by atoms with Crippen LogP contribution in [0.15, 0.2) is 64.6 Å². The molecule has 9 heteroatoms. The van der Waals surface area contributed by atoms with Crippen LogP contribution < -0.4 is 15.5 Å². The van der Waals surface area contributed by atoms with Crippen LogP contribution in [0.3, 0.4) is 0 Å². The second-order valence-electron chi connectivity index (χ2n) is 7.15. The van der Waals surface area contributed by atoms with Gasteiger partial charge in [0.05, 0.1) is 24.4 Å². The van der Waals surface area contributed by atoms with Crippen LogP contribution in [0.2, 0.25) is 5.02 Å². The first-order chi connectivity index (χ1) is 15.6. The number of carbonyl (C=O) groups is 1. The normalized spacial score (nSPS) is 13.6. The van der Waals surface area contributed by atoms with Crippen molar-refractivity contribution in [3.8, 4) is 0 Å². The van der Waals surface area contributed by atoms with Gasteiger partial charge in [-0.1, -0.05) is 30.3 Å². The van der Waals surface area contributed by atoms with E-state index in [1.165, 1.54) is 17.4 Å². The number of benzene rings is 2. The second-order valence-corrected chi connectivity index (χ2v) is 8.62. The van der Waals surface area contributed by atoms with Crippen LogP contribution in [0.4, 0.5) is 23.0 Å². The summed E-state index contributed by atoms with van der Waals surface area (Å²) < 4.78 is 5.41. The van der Waals surface area contributed by atoms with Crippen molar-refractivity contribution in [2.24, 2.45) is 0 Å². The molecule has 2 aromatic carbocycles. The number of aromatic nitrogens is 2. The summed E-state index contributed by atoms with van der Waals surface area (Å²) in [5.74, 6) is 0.459. The topological polar surface area (TPSA) is 79.4 Å². The smallest absolute Gasteiger partial charge is 0.228 e. The fraction of sp³-hybridized carbons (Fsp3) is 0.261. The van der Waals surface area contributed by atoms with Crippen molar-refractivity contribution in [2.75, 3.05) is 41.8 Å². The number of amides is 1. The van der Waals surface area contributed by atoms with Gasteiger partial charge < -0.3 is 20.3 Å². The number of rotatable bonds is 7. The van der Waals surface area contributed by atoms with E-state index in [2.05, 4.69) is 37.6 Å². The summed E-state index contributed by atoms with van der Waals surface area (Å²) in [5.41, 5.74) is 2.83. The molecule has 0 bridgehead atoms. The molecular weight excluding hydrogens is 446 g/mol. The predicted octanol–water partition coefficient (Wildman–Crippen LogP) is 5.21. The van der Waals surface area contributed by atoms with Crippen molar-refractivity contribution in [2.45, 2.75) is 23.3 Å². The molecule has 3 aromatic rings. The molecule has 4 rings (SSSR count). The Hall–Kier alpha value is -2.81. The zero-order valence-corrected chi connectivity index (χ0v) is 19.2. The first-order valence-electron chi connectivity index (χ1n) is 10.4. The lowest BCUT2D eigenvalue weighted by atomic mass is 10.2. The number of halogens is 1. The Morgan fingerprint density at radius 2 is 1.78 bits per heavy atom. The summed E-state index contributed by atoms with van der Waals surface area (Å²) in [6.45, 7) is 5.14. The van der Waals surface area contributed by atoms with Gasteiger partial charge in [-0.3, -0.25) is 4.79 Å². The van der Waals surface area contributed by atoms with Crippen molar-refractivity contribution in [3.05, 3.63) is 59.8 Å². The monoisotopic (exact) mass is 469 g/mol. The first kappa shape index (κ1) is 22.4. The molecule has 0 atom stereocenters. The molecule has 1 aliphatic heterocycles. The molecule has 0 spiro atoms. The quantitative estimate of drug-likeness (QED) is 0.460. The van der Waals surface area contributed by atoms with Crippen LogP contribution in [0.1, 0.15) is 13.3 Å². The number of ether oxygens (including phenoxy) is 1. The molecule has 1 amide bonds. The Morgan fingerprint density at radius 1 is 1.09 bits per heavy atom. The Labute approximate surface area is 196 Å². The number of carbonyl (C=O) groups excluding carboxylic acids is 1. The van der Waals surface area contributed by atoms with Gasteiger partial charge in [-0.15, -0.1) is 0 Å². The standard InChI is InChI=1S/C23H24ClN5O2S/c1-2-21(30)26-16-5-9-19(10-6-16)32-22-20(24)15-25-23(28-22)27-17-3-7-18(8-4-17)29-11-13-31-14-12-29/h3-10,15H,2,11-14H2,1H3,(H,26,30)(H,25,27,28). The van der Waals surface area contributed by atoms with Crippen LogP contribution in [-0.4, -0.2) is 42.2 Å². The van der Waals surface area contributed by atoms with Crippen LogP contribution in [0.25, 0.3) is 0 Å². The van der Waals surface area contributed by atoms with Gasteiger partial charge in [0.1, 0.15) is 5.03 Å². The fourth-order valence-corrected chi connectivity index (χ4v) is 4.14. The Morgan fingerprint density at radius 3 is 2.47 bits per heavy atom. The third-order valence-corrected chi connectivity index (χ3v) is 6.29. The fourth-order valence-electron chi connectivity index (χ4n) is 3.16. The number of anilines is 4. The zero-order chi connectivity index (χ0) is 22.3. The molecule has 2 heterocycles.